The molecule has 1 saturated heterocycles. The van der Waals surface area contributed by atoms with Crippen molar-refractivity contribution in [2.45, 2.75) is 52.0 Å². The van der Waals surface area contributed by atoms with Crippen LogP contribution < -0.4 is 20.1 Å². The highest BCUT2D eigenvalue weighted by Gasteiger charge is 2.35. The average Bonchev–Trinajstić information content (AvgIpc) is 3.36. The van der Waals surface area contributed by atoms with Crippen molar-refractivity contribution in [3.63, 3.8) is 0 Å². The minimum Gasteiger partial charge on any atom is -0.493 e. The number of fused-ring (bicyclic) bond motifs is 1. The lowest BCUT2D eigenvalue weighted by Gasteiger charge is -2.36. The molecule has 2 aromatic carbocycles. The van der Waals surface area contributed by atoms with Gasteiger partial charge >= 0.3 is 0 Å². The molecule has 1 aliphatic carbocycles. The third-order valence-corrected chi connectivity index (χ3v) is 7.32. The van der Waals surface area contributed by atoms with Gasteiger partial charge in [0.1, 0.15) is 0 Å². The third kappa shape index (κ3) is 6.38. The zero-order chi connectivity index (χ0) is 25.5. The van der Waals surface area contributed by atoms with E-state index in [2.05, 4.69) is 34.6 Å². The fourth-order valence-electron chi connectivity index (χ4n) is 5.36. The summed E-state index contributed by atoms with van der Waals surface area (Å²) in [5.74, 6) is 0.874. The van der Waals surface area contributed by atoms with Crippen molar-refractivity contribution in [3.05, 3.63) is 53.1 Å². The normalized spacial score (nSPS) is 19.4. The van der Waals surface area contributed by atoms with Gasteiger partial charge in [-0.25, -0.2) is 0 Å². The maximum absolute atomic E-state index is 13.4. The number of anilines is 1. The number of methoxy groups -OCH3 is 2. The first kappa shape index (κ1) is 26.0. The number of carbonyl (C=O) groups is 2. The number of hydrogen-bond donors (Lipinski definition) is 2. The second-order valence-corrected chi connectivity index (χ2v) is 9.98. The van der Waals surface area contributed by atoms with E-state index in [-0.39, 0.29) is 23.7 Å². The van der Waals surface area contributed by atoms with E-state index in [0.29, 0.717) is 44.1 Å². The van der Waals surface area contributed by atoms with E-state index < -0.39 is 0 Å². The second-order valence-electron chi connectivity index (χ2n) is 9.98. The molecule has 2 atom stereocenters. The van der Waals surface area contributed by atoms with Crippen LogP contribution >= 0.6 is 0 Å². The van der Waals surface area contributed by atoms with Crippen LogP contribution in [-0.4, -0.2) is 50.6 Å². The lowest BCUT2D eigenvalue weighted by molar-refractivity contribution is -0.130. The van der Waals surface area contributed by atoms with Gasteiger partial charge in [0.2, 0.25) is 11.8 Å². The lowest BCUT2D eigenvalue weighted by Crippen LogP contribution is -2.49. The van der Waals surface area contributed by atoms with Crippen LogP contribution in [0.25, 0.3) is 0 Å². The fraction of sp³-hybridized carbons (Fsp3) is 0.517. The van der Waals surface area contributed by atoms with Gasteiger partial charge in [0.15, 0.2) is 11.5 Å². The molecule has 0 aromatic heterocycles. The quantitative estimate of drug-likeness (QED) is 0.486. The Morgan fingerprint density at radius 1 is 0.944 bits per heavy atom. The summed E-state index contributed by atoms with van der Waals surface area (Å²) < 4.78 is 10.8. The number of carbonyl (C=O) groups excluding carboxylic acids is 2. The largest absolute Gasteiger partial charge is 0.493 e. The van der Waals surface area contributed by atoms with Gasteiger partial charge in [-0.1, -0.05) is 25.5 Å². The van der Waals surface area contributed by atoms with Gasteiger partial charge in [0, 0.05) is 31.9 Å². The minimum absolute atomic E-state index is 0.0173. The third-order valence-electron chi connectivity index (χ3n) is 7.32. The molecule has 1 aliphatic heterocycles. The Balaban J connectivity index is 1.48. The maximum atomic E-state index is 13.4. The summed E-state index contributed by atoms with van der Waals surface area (Å²) in [5.41, 5.74) is 4.62. The van der Waals surface area contributed by atoms with Crippen molar-refractivity contribution >= 4 is 17.5 Å². The van der Waals surface area contributed by atoms with E-state index in [0.717, 1.165) is 36.9 Å². The molecule has 2 amide bonds. The van der Waals surface area contributed by atoms with E-state index >= 15 is 0 Å². The average molecular weight is 494 g/mol. The number of ether oxygens (including phenoxy) is 2. The molecule has 0 unspecified atom stereocenters. The van der Waals surface area contributed by atoms with Gasteiger partial charge < -0.3 is 20.1 Å². The molecule has 36 heavy (non-hydrogen) atoms. The molecule has 4 rings (SSSR count). The predicted molar refractivity (Wildman–Crippen MR) is 141 cm³/mol. The van der Waals surface area contributed by atoms with Crippen LogP contribution in [0, 0.1) is 11.8 Å². The first-order valence-electron chi connectivity index (χ1n) is 13.1. The van der Waals surface area contributed by atoms with Crippen molar-refractivity contribution in [2.24, 2.45) is 11.8 Å². The molecule has 1 fully saturated rings. The smallest absolute Gasteiger partial charge is 0.228 e. The number of benzene rings is 2. The minimum atomic E-state index is -0.269. The van der Waals surface area contributed by atoms with Crippen LogP contribution in [0.4, 0.5) is 5.69 Å². The number of hydrogen-bond acceptors (Lipinski definition) is 5. The van der Waals surface area contributed by atoms with Crippen molar-refractivity contribution in [2.75, 3.05) is 39.2 Å². The van der Waals surface area contributed by atoms with Crippen molar-refractivity contribution in [1.82, 2.24) is 10.2 Å². The maximum Gasteiger partial charge on any atom is 0.228 e. The van der Waals surface area contributed by atoms with Crippen LogP contribution in [0.3, 0.4) is 0 Å². The molecule has 2 aromatic rings. The van der Waals surface area contributed by atoms with Crippen molar-refractivity contribution in [1.29, 1.82) is 0 Å². The number of nitrogens with one attached hydrogen (secondary N) is 2. The highest BCUT2D eigenvalue weighted by Crippen LogP contribution is 2.31. The molecule has 0 saturated carbocycles. The van der Waals surface area contributed by atoms with Gasteiger partial charge in [-0.2, -0.15) is 0 Å². The number of rotatable bonds is 10. The van der Waals surface area contributed by atoms with Gasteiger partial charge in [-0.05, 0) is 73.1 Å². The Kier molecular flexibility index (Phi) is 8.86. The Bertz CT molecular complexity index is 1070. The molecule has 0 radical (unpaired) electrons. The van der Waals surface area contributed by atoms with Crippen LogP contribution in [0.1, 0.15) is 49.3 Å². The predicted octanol–water partition coefficient (Wildman–Crippen LogP) is 4.19. The summed E-state index contributed by atoms with van der Waals surface area (Å²) in [4.78, 5) is 28.6. The Hall–Kier alpha value is -3.06. The Labute approximate surface area is 214 Å². The summed E-state index contributed by atoms with van der Waals surface area (Å²) in [6.07, 6.45) is 5.90. The van der Waals surface area contributed by atoms with E-state index in [9.17, 15) is 9.59 Å². The highest BCUT2D eigenvalue weighted by atomic mass is 16.5. The summed E-state index contributed by atoms with van der Waals surface area (Å²) in [6.45, 7) is 4.63. The molecule has 7 nitrogen and oxygen atoms in total. The van der Waals surface area contributed by atoms with Gasteiger partial charge in [0.05, 0.1) is 26.1 Å². The standard InChI is InChI=1S/C29H39N3O4/c1-4-5-13-30-28(33)23-15-24(29(34)31-25-11-10-21-7-6-8-22(21)16-25)19-32(18-23)17-20-9-12-26(35-2)27(14-20)36-3/h9-12,14,16,23-24H,4-8,13,15,17-19H2,1-3H3,(H,30,33)(H,31,34)/t23-,24+/m0/s1. The van der Waals surface area contributed by atoms with Crippen LogP contribution in [0.15, 0.2) is 36.4 Å². The van der Waals surface area contributed by atoms with E-state index in [1.54, 1.807) is 14.2 Å². The molecule has 2 aliphatic rings. The van der Waals surface area contributed by atoms with Crippen LogP contribution in [0.2, 0.25) is 0 Å². The first-order valence-corrected chi connectivity index (χ1v) is 13.1. The molecule has 7 heteroatoms. The zero-order valence-corrected chi connectivity index (χ0v) is 21.8. The summed E-state index contributed by atoms with van der Waals surface area (Å²) in [6, 6.07) is 12.1. The van der Waals surface area contributed by atoms with Crippen molar-refractivity contribution in [3.8, 4) is 11.5 Å². The van der Waals surface area contributed by atoms with E-state index in [1.165, 1.54) is 17.5 Å². The molecule has 1 heterocycles. The molecule has 2 N–H and O–H groups in total. The molecule has 0 spiro atoms. The summed E-state index contributed by atoms with van der Waals surface area (Å²) in [7, 11) is 3.24. The van der Waals surface area contributed by atoms with E-state index in [1.807, 2.05) is 24.3 Å². The summed E-state index contributed by atoms with van der Waals surface area (Å²) >= 11 is 0. The zero-order valence-electron chi connectivity index (χ0n) is 21.8. The van der Waals surface area contributed by atoms with E-state index in [4.69, 9.17) is 9.47 Å². The van der Waals surface area contributed by atoms with Crippen LogP contribution in [0.5, 0.6) is 11.5 Å². The molecular weight excluding hydrogens is 454 g/mol. The summed E-state index contributed by atoms with van der Waals surface area (Å²) in [5, 5.41) is 6.21. The van der Waals surface area contributed by atoms with Gasteiger partial charge in [-0.15, -0.1) is 0 Å². The number of likely N-dealkylation sites (tertiary alicyclic amines) is 1. The van der Waals surface area contributed by atoms with Gasteiger partial charge in [0.25, 0.3) is 0 Å². The fourth-order valence-corrected chi connectivity index (χ4v) is 5.36. The number of piperidine rings is 1. The van der Waals surface area contributed by atoms with Crippen LogP contribution in [-0.2, 0) is 29.0 Å². The van der Waals surface area contributed by atoms with Gasteiger partial charge in [-0.3, -0.25) is 14.5 Å². The molecule has 0 bridgehead atoms. The number of unbranched alkanes of at least 4 members (excludes halogenated alkanes) is 1. The molecule has 194 valence electrons. The molecular formula is C29H39N3O4. The van der Waals surface area contributed by atoms with Crippen molar-refractivity contribution < 1.29 is 19.1 Å². The monoisotopic (exact) mass is 493 g/mol. The number of nitrogens with zero attached hydrogens (tertiary/aromatic N) is 1. The topological polar surface area (TPSA) is 79.9 Å². The Morgan fingerprint density at radius 3 is 2.44 bits per heavy atom. The SMILES string of the molecule is CCCCNC(=O)[C@H]1C[C@@H](C(=O)Nc2ccc3c(c2)CCC3)CN(Cc2ccc(OC)c(OC)c2)C1. The lowest BCUT2D eigenvalue weighted by atomic mass is 9.87. The Morgan fingerprint density at radius 2 is 1.69 bits per heavy atom. The number of aryl methyl sites for hydroxylation is 2. The highest BCUT2D eigenvalue weighted by molar-refractivity contribution is 5.93. The first-order chi connectivity index (χ1) is 17.5. The second kappa shape index (κ2) is 12.3. The number of amides is 2.